The van der Waals surface area contributed by atoms with E-state index >= 15 is 4.39 Å². The van der Waals surface area contributed by atoms with Crippen molar-refractivity contribution >= 4 is 23.3 Å². The van der Waals surface area contributed by atoms with E-state index in [1.165, 1.54) is 6.08 Å². The Morgan fingerprint density at radius 2 is 1.94 bits per heavy atom. The minimum absolute atomic E-state index is 0.0638. The second kappa shape index (κ2) is 8.83. The molecule has 1 spiro atoms. The molecule has 198 valence electrons. The zero-order valence-electron chi connectivity index (χ0n) is 22.4. The molecular formula is C30H41FO4S. The van der Waals surface area contributed by atoms with Gasteiger partial charge in [-0.15, -0.1) is 11.8 Å². The van der Waals surface area contributed by atoms with Crippen molar-refractivity contribution in [3.8, 4) is 0 Å². The normalized spacial score (nSPS) is 45.5. The molecule has 1 N–H and O–H groups in total. The van der Waals surface area contributed by atoms with Gasteiger partial charge in [-0.3, -0.25) is 9.59 Å². The van der Waals surface area contributed by atoms with Gasteiger partial charge < -0.3 is 9.84 Å². The van der Waals surface area contributed by atoms with Gasteiger partial charge in [-0.25, -0.2) is 4.39 Å². The molecule has 1 heterocycles. The summed E-state index contributed by atoms with van der Waals surface area (Å²) in [5, 5.41) is 11.7. The third kappa shape index (κ3) is 3.15. The third-order valence-corrected chi connectivity index (χ3v) is 11.7. The number of carbonyl (C=O) groups is 2. The third-order valence-electron chi connectivity index (χ3n) is 10.5. The average Bonchev–Trinajstić information content (AvgIpc) is 3.23. The monoisotopic (exact) mass is 516 g/mol. The Kier molecular flexibility index (Phi) is 6.43. The van der Waals surface area contributed by atoms with Crippen LogP contribution in [0.25, 0.3) is 0 Å². The molecule has 0 amide bonds. The molecule has 3 fully saturated rings. The van der Waals surface area contributed by atoms with Crippen LogP contribution in [0.1, 0.15) is 86.0 Å². The maximum absolute atomic E-state index is 17.5. The van der Waals surface area contributed by atoms with E-state index in [1.807, 2.05) is 6.92 Å². The number of thioether (sulfide) groups is 1. The van der Waals surface area contributed by atoms with Gasteiger partial charge >= 0.3 is 0 Å². The smallest absolute Gasteiger partial charge is 0.216 e. The Hall–Kier alpha value is -1.40. The average molecular weight is 517 g/mol. The molecule has 5 rings (SSSR count). The molecule has 6 heteroatoms. The topological polar surface area (TPSA) is 63.6 Å². The van der Waals surface area contributed by atoms with Crippen LogP contribution in [0.5, 0.6) is 0 Å². The lowest BCUT2D eigenvalue weighted by molar-refractivity contribution is -0.218. The van der Waals surface area contributed by atoms with Gasteiger partial charge in [0.1, 0.15) is 5.76 Å². The molecule has 0 aromatic heterocycles. The number of aliphatic hydroxyl groups is 1. The van der Waals surface area contributed by atoms with E-state index in [0.29, 0.717) is 19.3 Å². The molecule has 1 aliphatic heterocycles. The van der Waals surface area contributed by atoms with Crippen LogP contribution < -0.4 is 0 Å². The number of allylic oxidation sites excluding steroid dienone is 5. The minimum atomic E-state index is -1.89. The van der Waals surface area contributed by atoms with Crippen molar-refractivity contribution in [2.45, 2.75) is 103 Å². The molecule has 36 heavy (non-hydrogen) atoms. The highest BCUT2D eigenvalue weighted by molar-refractivity contribution is 8.04. The highest BCUT2D eigenvalue weighted by atomic mass is 32.2. The molecule has 4 aliphatic carbocycles. The summed E-state index contributed by atoms with van der Waals surface area (Å²) in [6.07, 6.45) is 9.28. The predicted molar refractivity (Wildman–Crippen MR) is 141 cm³/mol. The zero-order valence-corrected chi connectivity index (χ0v) is 23.2. The Labute approximate surface area is 219 Å². The van der Waals surface area contributed by atoms with Crippen LogP contribution >= 0.6 is 11.8 Å². The summed E-state index contributed by atoms with van der Waals surface area (Å²) in [5.41, 5.74) is -3.83. The molecule has 4 nitrogen and oxygen atoms in total. The van der Waals surface area contributed by atoms with Crippen LogP contribution in [0, 0.1) is 28.6 Å². The maximum atomic E-state index is 17.5. The number of aliphatic hydroxyl groups excluding tert-OH is 1. The number of fused-ring (bicyclic) bond motifs is 6. The first-order valence-corrected chi connectivity index (χ1v) is 14.9. The van der Waals surface area contributed by atoms with E-state index in [2.05, 4.69) is 27.7 Å². The van der Waals surface area contributed by atoms with Gasteiger partial charge in [0.25, 0.3) is 0 Å². The number of Topliss-reactive ketones (excluding diaryl/α,β-unsaturated/α-hetero) is 1. The van der Waals surface area contributed by atoms with Crippen LogP contribution in [-0.4, -0.2) is 39.8 Å². The second-order valence-electron chi connectivity index (χ2n) is 12.3. The fourth-order valence-corrected chi connectivity index (χ4v) is 9.89. The molecule has 3 saturated carbocycles. The van der Waals surface area contributed by atoms with E-state index in [-0.39, 0.29) is 29.8 Å². The van der Waals surface area contributed by atoms with Crippen molar-refractivity contribution in [2.75, 3.05) is 5.75 Å². The lowest BCUT2D eigenvalue weighted by atomic mass is 9.44. The Bertz CT molecular complexity index is 1060. The summed E-state index contributed by atoms with van der Waals surface area (Å²) >= 11 is 1.62. The Morgan fingerprint density at radius 3 is 2.64 bits per heavy atom. The van der Waals surface area contributed by atoms with Gasteiger partial charge in [-0.05, 0) is 69.3 Å². The van der Waals surface area contributed by atoms with Crippen LogP contribution in [0.15, 0.2) is 34.5 Å². The first kappa shape index (κ1) is 26.2. The summed E-state index contributed by atoms with van der Waals surface area (Å²) in [6.45, 7) is 10.3. The Morgan fingerprint density at radius 1 is 1.19 bits per heavy atom. The van der Waals surface area contributed by atoms with Gasteiger partial charge in [-0.1, -0.05) is 45.8 Å². The van der Waals surface area contributed by atoms with Crippen molar-refractivity contribution in [1.29, 1.82) is 0 Å². The first-order valence-electron chi connectivity index (χ1n) is 13.9. The van der Waals surface area contributed by atoms with E-state index < -0.39 is 34.1 Å². The summed E-state index contributed by atoms with van der Waals surface area (Å²) in [4.78, 5) is 27.2. The Balaban J connectivity index is 1.55. The number of hydrogen-bond donors (Lipinski definition) is 1. The van der Waals surface area contributed by atoms with Crippen molar-refractivity contribution in [2.24, 2.45) is 28.6 Å². The molecule has 8 atom stereocenters. The number of alkyl halides is 1. The van der Waals surface area contributed by atoms with Gasteiger partial charge in [-0.2, -0.15) is 0 Å². The first-order chi connectivity index (χ1) is 17.0. The van der Waals surface area contributed by atoms with Gasteiger partial charge in [0.2, 0.25) is 5.78 Å². The summed E-state index contributed by atoms with van der Waals surface area (Å²) < 4.78 is 24.3. The standard InChI is InChI=1S/C30H41FO4S/c1-6-8-14-36-25-23(9-7-2)35-30(26(25)34)18(3)15-22-21-11-10-19-16-20(32)12-13-27(19,4)29(21,31)24(33)17-28(22,30)5/h12-13,16,18,21-22,24,33H,6-11,14-15,17H2,1-5H3/t18-,21-,22-,24-,27-,28-,29-,30?/m0/s1. The molecule has 0 bridgehead atoms. The van der Waals surface area contributed by atoms with Gasteiger partial charge in [0, 0.05) is 29.1 Å². The maximum Gasteiger partial charge on any atom is 0.216 e. The van der Waals surface area contributed by atoms with Gasteiger partial charge in [0.15, 0.2) is 17.1 Å². The molecule has 0 aromatic rings. The fourth-order valence-electron chi connectivity index (χ4n) is 8.67. The highest BCUT2D eigenvalue weighted by Gasteiger charge is 2.78. The van der Waals surface area contributed by atoms with E-state index in [4.69, 9.17) is 4.74 Å². The van der Waals surface area contributed by atoms with E-state index in [0.717, 1.165) is 47.7 Å². The number of rotatable bonds is 6. The molecular weight excluding hydrogens is 475 g/mol. The molecule has 0 radical (unpaired) electrons. The number of ketones is 2. The second-order valence-corrected chi connectivity index (χ2v) is 13.4. The summed E-state index contributed by atoms with van der Waals surface area (Å²) in [6, 6.07) is 0. The van der Waals surface area contributed by atoms with Crippen LogP contribution in [0.2, 0.25) is 0 Å². The summed E-state index contributed by atoms with van der Waals surface area (Å²) in [7, 11) is 0. The number of unbranched alkanes of at least 4 members (excludes halogenated alkanes) is 1. The predicted octanol–water partition coefficient (Wildman–Crippen LogP) is 6.49. The lowest BCUT2D eigenvalue weighted by Crippen LogP contribution is -2.69. The highest BCUT2D eigenvalue weighted by Crippen LogP contribution is 2.73. The molecule has 0 saturated heterocycles. The van der Waals surface area contributed by atoms with E-state index in [1.54, 1.807) is 23.9 Å². The summed E-state index contributed by atoms with van der Waals surface area (Å²) in [5.74, 6) is 1.08. The molecule has 5 aliphatic rings. The van der Waals surface area contributed by atoms with Gasteiger partial charge in [0.05, 0.1) is 11.0 Å². The molecule has 1 unspecified atom stereocenters. The van der Waals surface area contributed by atoms with Crippen molar-refractivity contribution in [3.63, 3.8) is 0 Å². The fraction of sp³-hybridized carbons (Fsp3) is 0.733. The van der Waals surface area contributed by atoms with Crippen LogP contribution in [0.3, 0.4) is 0 Å². The van der Waals surface area contributed by atoms with Crippen molar-refractivity contribution < 1.29 is 23.8 Å². The largest absolute Gasteiger partial charge is 0.481 e. The lowest BCUT2D eigenvalue weighted by Gasteiger charge is -2.62. The SMILES string of the molecule is CCCCSC1=C(CCC)OC2(C1=O)[C@@H](C)C[C@H]1[C@@H]3CCC4=CC(=O)C=C[C@]4(C)[C@@]3(F)[C@@H](O)C[C@@]12C. The zero-order chi connectivity index (χ0) is 26.1. The minimum Gasteiger partial charge on any atom is -0.481 e. The number of halogens is 1. The number of carbonyl (C=O) groups excluding carboxylic acids is 2. The number of ether oxygens (including phenoxy) is 1. The van der Waals surface area contributed by atoms with Crippen molar-refractivity contribution in [1.82, 2.24) is 0 Å². The van der Waals surface area contributed by atoms with Crippen LogP contribution in [0.4, 0.5) is 4.39 Å². The van der Waals surface area contributed by atoms with Crippen LogP contribution in [-0.2, 0) is 14.3 Å². The molecule has 0 aromatic carbocycles. The quantitative estimate of drug-likeness (QED) is 0.409. The van der Waals surface area contributed by atoms with Crippen molar-refractivity contribution in [3.05, 3.63) is 34.5 Å². The number of hydrogen-bond acceptors (Lipinski definition) is 5. The van der Waals surface area contributed by atoms with E-state index in [9.17, 15) is 14.7 Å².